The van der Waals surface area contributed by atoms with Gasteiger partial charge in [0.15, 0.2) is 0 Å². The molecule has 2 aromatic carbocycles. The largest absolute Gasteiger partial charge is 0.497 e. The summed E-state index contributed by atoms with van der Waals surface area (Å²) in [5, 5.41) is 3.16. The predicted octanol–water partition coefficient (Wildman–Crippen LogP) is 4.28. The molecule has 0 radical (unpaired) electrons. The van der Waals surface area contributed by atoms with E-state index < -0.39 is 5.91 Å². The third-order valence-electron chi connectivity index (χ3n) is 4.57. The van der Waals surface area contributed by atoms with Gasteiger partial charge >= 0.3 is 0 Å². The molecule has 2 amide bonds. The average molecular weight is 440 g/mol. The first-order valence-corrected chi connectivity index (χ1v) is 9.80. The standard InChI is InChI=1S/C23H22ClN3O4/c1-27(23(29)15-7-4-9-17(13-15)30-2)14-16-8-5-10-18(24)21(16)26-22(28)19-11-6-12-20(25-19)31-3/h4-13H,14H2,1-3H3,(H,26,28). The molecule has 1 heterocycles. The minimum Gasteiger partial charge on any atom is -0.497 e. The number of carbonyl (C=O) groups is 2. The SMILES string of the molecule is COc1cccc(C(=O)N(C)Cc2cccc(Cl)c2NC(=O)c2cccc(OC)n2)c1. The molecule has 3 rings (SSSR count). The summed E-state index contributed by atoms with van der Waals surface area (Å²) in [6, 6.07) is 17.1. The van der Waals surface area contributed by atoms with E-state index in [9.17, 15) is 9.59 Å². The lowest BCUT2D eigenvalue weighted by atomic mass is 10.1. The number of nitrogens with one attached hydrogen (secondary N) is 1. The van der Waals surface area contributed by atoms with Gasteiger partial charge in [-0.3, -0.25) is 9.59 Å². The Balaban J connectivity index is 1.81. The fourth-order valence-corrected chi connectivity index (χ4v) is 3.22. The van der Waals surface area contributed by atoms with Crippen molar-refractivity contribution in [1.29, 1.82) is 0 Å². The Bertz CT molecular complexity index is 1100. The smallest absolute Gasteiger partial charge is 0.274 e. The number of nitrogens with zero attached hydrogens (tertiary/aromatic N) is 2. The van der Waals surface area contributed by atoms with Crippen LogP contribution in [0.15, 0.2) is 60.7 Å². The van der Waals surface area contributed by atoms with E-state index in [0.29, 0.717) is 33.5 Å². The second kappa shape index (κ2) is 9.95. The fraction of sp³-hybridized carbons (Fsp3) is 0.174. The number of methoxy groups -OCH3 is 2. The second-order valence-electron chi connectivity index (χ2n) is 6.69. The Hall–Kier alpha value is -3.58. The Morgan fingerprint density at radius 2 is 1.77 bits per heavy atom. The molecule has 3 aromatic rings. The molecule has 0 saturated carbocycles. The van der Waals surface area contributed by atoms with Crippen molar-refractivity contribution in [2.24, 2.45) is 0 Å². The summed E-state index contributed by atoms with van der Waals surface area (Å²) in [5.74, 6) is 0.303. The van der Waals surface area contributed by atoms with Crippen LogP contribution in [0, 0.1) is 0 Å². The first-order valence-electron chi connectivity index (χ1n) is 9.42. The summed E-state index contributed by atoms with van der Waals surface area (Å²) < 4.78 is 10.3. The number of hydrogen-bond acceptors (Lipinski definition) is 5. The maximum absolute atomic E-state index is 12.9. The Labute approximate surface area is 185 Å². The van der Waals surface area contributed by atoms with Gasteiger partial charge in [-0.1, -0.05) is 35.9 Å². The summed E-state index contributed by atoms with van der Waals surface area (Å²) in [4.78, 5) is 31.2. The average Bonchev–Trinajstić information content (AvgIpc) is 2.80. The first-order chi connectivity index (χ1) is 14.9. The van der Waals surface area contributed by atoms with Crippen LogP contribution in [0.1, 0.15) is 26.4 Å². The number of hydrogen-bond donors (Lipinski definition) is 1. The number of aromatic nitrogens is 1. The van der Waals surface area contributed by atoms with Gasteiger partial charge in [-0.2, -0.15) is 0 Å². The van der Waals surface area contributed by atoms with Crippen molar-refractivity contribution in [3.8, 4) is 11.6 Å². The molecule has 0 unspecified atom stereocenters. The van der Waals surface area contributed by atoms with Gasteiger partial charge < -0.3 is 19.7 Å². The number of amides is 2. The van der Waals surface area contributed by atoms with E-state index in [-0.39, 0.29) is 18.1 Å². The van der Waals surface area contributed by atoms with Gasteiger partial charge in [0.1, 0.15) is 11.4 Å². The van der Waals surface area contributed by atoms with Crippen molar-refractivity contribution < 1.29 is 19.1 Å². The topological polar surface area (TPSA) is 80.8 Å². The zero-order chi connectivity index (χ0) is 22.4. The third-order valence-corrected chi connectivity index (χ3v) is 4.89. The quantitative estimate of drug-likeness (QED) is 0.594. The first kappa shape index (κ1) is 22.1. The molecule has 0 aliphatic rings. The van der Waals surface area contributed by atoms with Gasteiger partial charge in [-0.15, -0.1) is 0 Å². The summed E-state index contributed by atoms with van der Waals surface area (Å²) in [6.07, 6.45) is 0. The van der Waals surface area contributed by atoms with Gasteiger partial charge in [0.2, 0.25) is 5.88 Å². The Morgan fingerprint density at radius 1 is 1.03 bits per heavy atom. The van der Waals surface area contributed by atoms with Crippen LogP contribution in [0.2, 0.25) is 5.02 Å². The molecule has 0 aliphatic heterocycles. The molecule has 0 fully saturated rings. The molecule has 0 aliphatic carbocycles. The van der Waals surface area contributed by atoms with E-state index in [1.807, 2.05) is 0 Å². The van der Waals surface area contributed by atoms with Crippen molar-refractivity contribution >= 4 is 29.1 Å². The fourth-order valence-electron chi connectivity index (χ4n) is 2.98. The van der Waals surface area contributed by atoms with Crippen molar-refractivity contribution in [1.82, 2.24) is 9.88 Å². The number of para-hydroxylation sites is 1. The maximum atomic E-state index is 12.9. The van der Waals surface area contributed by atoms with Crippen LogP contribution < -0.4 is 14.8 Å². The molecule has 8 heteroatoms. The van der Waals surface area contributed by atoms with E-state index >= 15 is 0 Å². The molecule has 0 spiro atoms. The van der Waals surface area contributed by atoms with Crippen LogP contribution >= 0.6 is 11.6 Å². The van der Waals surface area contributed by atoms with E-state index in [1.165, 1.54) is 7.11 Å². The van der Waals surface area contributed by atoms with Gasteiger partial charge in [0.05, 0.1) is 24.9 Å². The molecule has 160 valence electrons. The number of anilines is 1. The number of benzene rings is 2. The van der Waals surface area contributed by atoms with E-state index in [0.717, 1.165) is 0 Å². The lowest BCUT2D eigenvalue weighted by molar-refractivity contribution is 0.0785. The van der Waals surface area contributed by atoms with Crippen LogP contribution in [-0.2, 0) is 6.54 Å². The van der Waals surface area contributed by atoms with Crippen molar-refractivity contribution in [2.75, 3.05) is 26.6 Å². The lowest BCUT2D eigenvalue weighted by Crippen LogP contribution is -2.27. The lowest BCUT2D eigenvalue weighted by Gasteiger charge is -2.20. The highest BCUT2D eigenvalue weighted by molar-refractivity contribution is 6.34. The van der Waals surface area contributed by atoms with Crippen LogP contribution in [0.4, 0.5) is 5.69 Å². The van der Waals surface area contributed by atoms with Gasteiger partial charge in [-0.25, -0.2) is 4.98 Å². The van der Waals surface area contributed by atoms with Crippen molar-refractivity contribution in [2.45, 2.75) is 6.54 Å². The Kier molecular flexibility index (Phi) is 7.10. The van der Waals surface area contributed by atoms with E-state index in [1.54, 1.807) is 79.7 Å². The van der Waals surface area contributed by atoms with Gasteiger partial charge in [-0.05, 0) is 35.9 Å². The molecular formula is C23H22ClN3O4. The zero-order valence-electron chi connectivity index (χ0n) is 17.4. The predicted molar refractivity (Wildman–Crippen MR) is 119 cm³/mol. The molecule has 0 bridgehead atoms. The summed E-state index contributed by atoms with van der Waals surface area (Å²) in [6.45, 7) is 0.234. The molecule has 0 atom stereocenters. The van der Waals surface area contributed by atoms with Crippen molar-refractivity contribution in [3.05, 3.63) is 82.5 Å². The van der Waals surface area contributed by atoms with Crippen LogP contribution in [-0.4, -0.2) is 43.0 Å². The van der Waals surface area contributed by atoms with Crippen molar-refractivity contribution in [3.63, 3.8) is 0 Å². The van der Waals surface area contributed by atoms with E-state index in [2.05, 4.69) is 10.3 Å². The van der Waals surface area contributed by atoms with Crippen LogP contribution in [0.5, 0.6) is 11.6 Å². The number of carbonyl (C=O) groups excluding carboxylic acids is 2. The molecule has 0 saturated heterocycles. The molecular weight excluding hydrogens is 418 g/mol. The second-order valence-corrected chi connectivity index (χ2v) is 7.09. The molecule has 7 nitrogen and oxygen atoms in total. The molecule has 1 aromatic heterocycles. The summed E-state index contributed by atoms with van der Waals surface area (Å²) in [7, 11) is 4.70. The normalized spacial score (nSPS) is 10.3. The number of halogens is 1. The molecule has 31 heavy (non-hydrogen) atoms. The van der Waals surface area contributed by atoms with Crippen LogP contribution in [0.25, 0.3) is 0 Å². The van der Waals surface area contributed by atoms with E-state index in [4.69, 9.17) is 21.1 Å². The highest BCUT2D eigenvalue weighted by atomic mass is 35.5. The summed E-state index contributed by atoms with van der Waals surface area (Å²) in [5.41, 5.74) is 1.78. The minimum absolute atomic E-state index is 0.186. The number of pyridine rings is 1. The van der Waals surface area contributed by atoms with Gasteiger partial charge in [0.25, 0.3) is 11.8 Å². The number of ether oxygens (including phenoxy) is 2. The monoisotopic (exact) mass is 439 g/mol. The zero-order valence-corrected chi connectivity index (χ0v) is 18.1. The maximum Gasteiger partial charge on any atom is 0.274 e. The third kappa shape index (κ3) is 5.32. The Morgan fingerprint density at radius 3 is 2.52 bits per heavy atom. The number of rotatable bonds is 7. The molecule has 1 N–H and O–H groups in total. The van der Waals surface area contributed by atoms with Crippen LogP contribution in [0.3, 0.4) is 0 Å². The minimum atomic E-state index is -0.435. The highest BCUT2D eigenvalue weighted by Gasteiger charge is 2.18. The summed E-state index contributed by atoms with van der Waals surface area (Å²) >= 11 is 6.36. The van der Waals surface area contributed by atoms with Gasteiger partial charge in [0, 0.05) is 25.2 Å². The highest BCUT2D eigenvalue weighted by Crippen LogP contribution is 2.28.